The third-order valence-electron chi connectivity index (χ3n) is 8.83. The quantitative estimate of drug-likeness (QED) is 0.819. The molecule has 0 unspecified atom stereocenters. The highest BCUT2D eigenvalue weighted by Crippen LogP contribution is 2.72. The number of fused-ring (bicyclic) bond motifs is 3. The van der Waals surface area contributed by atoms with Gasteiger partial charge in [0.15, 0.2) is 0 Å². The van der Waals surface area contributed by atoms with Gasteiger partial charge in [0.05, 0.1) is 13.2 Å². The number of Topliss-reactive ketones (excluding diaryl/α,β-unsaturated/α-hetero) is 1. The lowest BCUT2D eigenvalue weighted by atomic mass is 9.43. The number of benzene rings is 1. The second-order valence-corrected chi connectivity index (χ2v) is 9.48. The summed E-state index contributed by atoms with van der Waals surface area (Å²) in [5.74, 6) is 2.98. The minimum absolute atomic E-state index is 0.115. The maximum Gasteiger partial charge on any atom is 0.139 e. The van der Waals surface area contributed by atoms with Crippen molar-refractivity contribution < 1.29 is 14.6 Å². The van der Waals surface area contributed by atoms with Gasteiger partial charge in [-0.2, -0.15) is 0 Å². The first-order valence-electron chi connectivity index (χ1n) is 10.4. The average Bonchev–Trinajstić information content (AvgIpc) is 2.88. The Balaban J connectivity index is 1.60. The molecule has 4 aliphatic rings. The topological polar surface area (TPSA) is 46.5 Å². The lowest BCUT2D eigenvalue weighted by Crippen LogP contribution is -2.56. The zero-order chi connectivity index (χ0) is 18.1. The molecule has 3 nitrogen and oxygen atoms in total. The summed E-state index contributed by atoms with van der Waals surface area (Å²) < 4.78 is 5.44. The largest absolute Gasteiger partial charge is 0.497 e. The van der Waals surface area contributed by atoms with Crippen LogP contribution in [-0.2, 0) is 11.2 Å². The highest BCUT2D eigenvalue weighted by Gasteiger charge is 2.69. The van der Waals surface area contributed by atoms with Crippen LogP contribution in [0.3, 0.4) is 0 Å². The number of hydrogen-bond acceptors (Lipinski definition) is 3. The van der Waals surface area contributed by atoms with Crippen molar-refractivity contribution in [3.8, 4) is 5.75 Å². The van der Waals surface area contributed by atoms with E-state index >= 15 is 0 Å². The summed E-state index contributed by atoms with van der Waals surface area (Å²) in [6.45, 7) is 2.27. The molecule has 0 radical (unpaired) electrons. The van der Waals surface area contributed by atoms with E-state index in [0.29, 0.717) is 30.0 Å². The van der Waals surface area contributed by atoms with Crippen molar-refractivity contribution in [2.45, 2.75) is 70.3 Å². The second-order valence-electron chi connectivity index (χ2n) is 9.48. The fourth-order valence-corrected chi connectivity index (χ4v) is 7.67. The lowest BCUT2D eigenvalue weighted by Gasteiger charge is -2.61. The van der Waals surface area contributed by atoms with Crippen LogP contribution in [0.2, 0.25) is 0 Å². The molecule has 5 rings (SSSR count). The average molecular weight is 354 g/mol. The van der Waals surface area contributed by atoms with Gasteiger partial charge >= 0.3 is 0 Å². The monoisotopic (exact) mass is 354 g/mol. The second kappa shape index (κ2) is 5.58. The molecule has 0 amide bonds. The first kappa shape index (κ1) is 16.8. The van der Waals surface area contributed by atoms with Crippen LogP contribution in [0.1, 0.15) is 68.9 Å². The van der Waals surface area contributed by atoms with Gasteiger partial charge in [0, 0.05) is 11.8 Å². The van der Waals surface area contributed by atoms with E-state index in [1.165, 1.54) is 17.5 Å². The fraction of sp³-hybridized carbons (Fsp3) is 0.696. The summed E-state index contributed by atoms with van der Waals surface area (Å²) in [6, 6.07) is 6.61. The standard InChI is InChI=1S/C23H30O3/c1-22-9-8-19-18-5-4-17(26-2)11-14(18)3-6-20(19)23(22)10-7-16(24)12-15(23)13-21(22)25/h4-5,11,15-16,19-20,24H,3,6-10,12-13H2,1-2H3/t15-,16-,19-,20-,22-,23-/m1/s1. The summed E-state index contributed by atoms with van der Waals surface area (Å²) in [5.41, 5.74) is 2.90. The van der Waals surface area contributed by atoms with Crippen LogP contribution in [-0.4, -0.2) is 24.1 Å². The van der Waals surface area contributed by atoms with E-state index in [2.05, 4.69) is 25.1 Å². The van der Waals surface area contributed by atoms with Gasteiger partial charge in [0.1, 0.15) is 11.5 Å². The van der Waals surface area contributed by atoms with Gasteiger partial charge in [0.2, 0.25) is 0 Å². The molecule has 3 heteroatoms. The van der Waals surface area contributed by atoms with Crippen molar-refractivity contribution >= 4 is 5.78 Å². The summed E-state index contributed by atoms with van der Waals surface area (Å²) in [4.78, 5) is 13.1. The van der Waals surface area contributed by atoms with Gasteiger partial charge in [-0.05, 0) is 91.4 Å². The molecule has 0 aliphatic heterocycles. The van der Waals surface area contributed by atoms with Gasteiger partial charge < -0.3 is 9.84 Å². The van der Waals surface area contributed by atoms with Crippen molar-refractivity contribution in [3.05, 3.63) is 29.3 Å². The molecule has 4 aliphatic carbocycles. The zero-order valence-corrected chi connectivity index (χ0v) is 16.0. The molecule has 0 aromatic heterocycles. The molecule has 6 atom stereocenters. The molecule has 140 valence electrons. The molecule has 3 fully saturated rings. The summed E-state index contributed by atoms with van der Waals surface area (Å²) in [5, 5.41) is 10.3. The maximum absolute atomic E-state index is 13.1. The van der Waals surface area contributed by atoms with Crippen LogP contribution in [0.5, 0.6) is 5.75 Å². The number of aryl methyl sites for hydroxylation is 1. The summed E-state index contributed by atoms with van der Waals surface area (Å²) in [6.07, 6.45) is 7.66. The Labute approximate surface area is 156 Å². The van der Waals surface area contributed by atoms with Crippen molar-refractivity contribution in [2.75, 3.05) is 7.11 Å². The highest BCUT2D eigenvalue weighted by molar-refractivity contribution is 5.89. The number of aliphatic hydroxyl groups is 1. The maximum atomic E-state index is 13.1. The van der Waals surface area contributed by atoms with Crippen molar-refractivity contribution in [1.82, 2.24) is 0 Å². The SMILES string of the molecule is COc1ccc2c(c1)CC[C@@H]1[C@@H]2CC[C@]2(C)C(=O)C[C@H]3C[C@H](O)CC[C@@]312. The number of aliphatic hydroxyl groups excluding tert-OH is 1. The van der Waals surface area contributed by atoms with E-state index in [-0.39, 0.29) is 16.9 Å². The van der Waals surface area contributed by atoms with E-state index in [9.17, 15) is 9.90 Å². The van der Waals surface area contributed by atoms with E-state index < -0.39 is 0 Å². The molecule has 0 saturated heterocycles. The number of carbonyl (C=O) groups excluding carboxylic acids is 1. The first-order chi connectivity index (χ1) is 12.5. The highest BCUT2D eigenvalue weighted by atomic mass is 16.5. The van der Waals surface area contributed by atoms with E-state index in [1.807, 2.05) is 0 Å². The van der Waals surface area contributed by atoms with E-state index in [0.717, 1.165) is 44.3 Å². The molecule has 1 aromatic rings. The minimum Gasteiger partial charge on any atom is -0.497 e. The molecule has 3 saturated carbocycles. The Morgan fingerprint density at radius 3 is 2.85 bits per heavy atom. The molecule has 1 spiro atoms. The van der Waals surface area contributed by atoms with Gasteiger partial charge in [0.25, 0.3) is 0 Å². The Morgan fingerprint density at radius 2 is 2.04 bits per heavy atom. The Bertz CT molecular complexity index is 756. The first-order valence-corrected chi connectivity index (χ1v) is 10.4. The lowest BCUT2D eigenvalue weighted by molar-refractivity contribution is -0.146. The third kappa shape index (κ3) is 1.96. The number of ether oxygens (including phenoxy) is 1. The molecule has 0 heterocycles. The van der Waals surface area contributed by atoms with Gasteiger partial charge in [-0.1, -0.05) is 13.0 Å². The molecule has 1 aromatic carbocycles. The van der Waals surface area contributed by atoms with Gasteiger partial charge in [-0.15, -0.1) is 0 Å². The number of methoxy groups -OCH3 is 1. The predicted octanol–water partition coefficient (Wildman–Crippen LogP) is 4.26. The number of carbonyl (C=O) groups is 1. The Hall–Kier alpha value is -1.35. The molecule has 1 N–H and O–H groups in total. The van der Waals surface area contributed by atoms with E-state index in [4.69, 9.17) is 4.74 Å². The Kier molecular flexibility index (Phi) is 3.60. The summed E-state index contributed by atoms with van der Waals surface area (Å²) >= 11 is 0. The van der Waals surface area contributed by atoms with Crippen LogP contribution < -0.4 is 4.74 Å². The Morgan fingerprint density at radius 1 is 1.19 bits per heavy atom. The van der Waals surface area contributed by atoms with E-state index in [1.54, 1.807) is 7.11 Å². The summed E-state index contributed by atoms with van der Waals surface area (Å²) in [7, 11) is 1.74. The van der Waals surface area contributed by atoms with Crippen molar-refractivity contribution in [3.63, 3.8) is 0 Å². The minimum atomic E-state index is -0.207. The zero-order valence-electron chi connectivity index (χ0n) is 16.0. The third-order valence-corrected chi connectivity index (χ3v) is 8.83. The van der Waals surface area contributed by atoms with Crippen LogP contribution in [0.25, 0.3) is 0 Å². The van der Waals surface area contributed by atoms with Crippen LogP contribution in [0.15, 0.2) is 18.2 Å². The van der Waals surface area contributed by atoms with Crippen molar-refractivity contribution in [2.24, 2.45) is 22.7 Å². The smallest absolute Gasteiger partial charge is 0.139 e. The molecule has 26 heavy (non-hydrogen) atoms. The number of rotatable bonds is 1. The number of ketones is 1. The van der Waals surface area contributed by atoms with Gasteiger partial charge in [-0.3, -0.25) is 4.79 Å². The van der Waals surface area contributed by atoms with Gasteiger partial charge in [-0.25, -0.2) is 0 Å². The van der Waals surface area contributed by atoms with Crippen molar-refractivity contribution in [1.29, 1.82) is 0 Å². The molecule has 0 bridgehead atoms. The predicted molar refractivity (Wildman–Crippen MR) is 100 cm³/mol. The van der Waals surface area contributed by atoms with Crippen LogP contribution >= 0.6 is 0 Å². The molecular formula is C23H30O3. The molecular weight excluding hydrogens is 324 g/mol. The van der Waals surface area contributed by atoms with Crippen LogP contribution in [0, 0.1) is 22.7 Å². The fourth-order valence-electron chi connectivity index (χ4n) is 7.67. The van der Waals surface area contributed by atoms with Crippen LogP contribution in [0.4, 0.5) is 0 Å². The normalized spacial score (nSPS) is 43.9. The number of hydrogen-bond donors (Lipinski definition) is 1.